The van der Waals surface area contributed by atoms with Gasteiger partial charge in [-0.15, -0.1) is 0 Å². The first kappa shape index (κ1) is 22.5. The van der Waals surface area contributed by atoms with Gasteiger partial charge in [-0.2, -0.15) is 0 Å². The Morgan fingerprint density at radius 3 is 1.76 bits per heavy atom. The molecule has 0 saturated heterocycles. The lowest BCUT2D eigenvalue weighted by Crippen LogP contribution is -2.53. The van der Waals surface area contributed by atoms with Gasteiger partial charge < -0.3 is 4.74 Å². The van der Waals surface area contributed by atoms with E-state index in [1.807, 2.05) is 18.2 Å². The standard InChI is InChI=1S/C28H29N3O2/c1-22(2)26(20-33-27(32)31-19-18-29-21-31)30-28(23-12-6-3-7-13-23,24-14-8-4-9-15-24)25-16-10-5-11-17-25/h3-19,21-22,26,30H,20H2,1-2H3/t26-/m1/s1. The van der Waals surface area contributed by atoms with Crippen LogP contribution in [0.5, 0.6) is 0 Å². The molecule has 0 bridgehead atoms. The number of hydrogen-bond acceptors (Lipinski definition) is 4. The predicted molar refractivity (Wildman–Crippen MR) is 130 cm³/mol. The SMILES string of the molecule is CC(C)[C@@H](COC(=O)n1ccnc1)NC(c1ccccc1)(c1ccccc1)c1ccccc1. The third-order valence-corrected chi connectivity index (χ3v) is 5.93. The van der Waals surface area contributed by atoms with Gasteiger partial charge in [0.05, 0.1) is 5.54 Å². The monoisotopic (exact) mass is 439 g/mol. The molecule has 1 heterocycles. The first-order valence-electron chi connectivity index (χ1n) is 11.2. The van der Waals surface area contributed by atoms with Gasteiger partial charge in [0, 0.05) is 18.4 Å². The van der Waals surface area contributed by atoms with Crippen LogP contribution in [0.2, 0.25) is 0 Å². The minimum absolute atomic E-state index is 0.113. The highest BCUT2D eigenvalue weighted by Gasteiger charge is 2.39. The summed E-state index contributed by atoms with van der Waals surface area (Å²) in [6.45, 7) is 4.49. The van der Waals surface area contributed by atoms with Crippen molar-refractivity contribution in [2.75, 3.05) is 6.61 Å². The molecule has 5 heteroatoms. The van der Waals surface area contributed by atoms with Crippen LogP contribution >= 0.6 is 0 Å². The third-order valence-electron chi connectivity index (χ3n) is 5.93. The lowest BCUT2D eigenvalue weighted by atomic mass is 9.76. The quantitative estimate of drug-likeness (QED) is 0.370. The molecule has 0 amide bonds. The Balaban J connectivity index is 1.77. The second-order valence-corrected chi connectivity index (χ2v) is 8.39. The van der Waals surface area contributed by atoms with Crippen molar-refractivity contribution in [3.8, 4) is 0 Å². The maximum Gasteiger partial charge on any atom is 0.419 e. The number of imidazole rings is 1. The number of ether oxygens (including phenoxy) is 1. The Morgan fingerprint density at radius 2 is 1.36 bits per heavy atom. The van der Waals surface area contributed by atoms with E-state index in [9.17, 15) is 4.79 Å². The molecule has 4 rings (SSSR count). The van der Waals surface area contributed by atoms with Crippen molar-refractivity contribution in [3.63, 3.8) is 0 Å². The Morgan fingerprint density at radius 1 is 0.879 bits per heavy atom. The van der Waals surface area contributed by atoms with E-state index in [1.165, 1.54) is 10.9 Å². The van der Waals surface area contributed by atoms with Gasteiger partial charge >= 0.3 is 6.09 Å². The maximum atomic E-state index is 12.5. The van der Waals surface area contributed by atoms with Gasteiger partial charge in [0.15, 0.2) is 0 Å². The van der Waals surface area contributed by atoms with Crippen LogP contribution < -0.4 is 5.32 Å². The molecule has 0 aliphatic rings. The van der Waals surface area contributed by atoms with E-state index >= 15 is 0 Å². The van der Waals surface area contributed by atoms with E-state index in [-0.39, 0.29) is 18.6 Å². The molecular formula is C28H29N3O2. The summed E-state index contributed by atoms with van der Waals surface area (Å²) in [6, 6.07) is 31.1. The summed E-state index contributed by atoms with van der Waals surface area (Å²) in [6.07, 6.45) is 4.15. The van der Waals surface area contributed by atoms with E-state index in [4.69, 9.17) is 4.74 Å². The summed E-state index contributed by atoms with van der Waals surface area (Å²) in [5.74, 6) is 0.205. The number of carbonyl (C=O) groups is 1. The maximum absolute atomic E-state index is 12.5. The Labute approximate surface area is 195 Å². The predicted octanol–water partition coefficient (Wildman–Crippen LogP) is 5.47. The van der Waals surface area contributed by atoms with Gasteiger partial charge in [0.2, 0.25) is 0 Å². The molecule has 0 saturated carbocycles. The van der Waals surface area contributed by atoms with Crippen molar-refractivity contribution in [2.24, 2.45) is 5.92 Å². The average Bonchev–Trinajstić information content (AvgIpc) is 3.41. The molecule has 0 fully saturated rings. The fourth-order valence-electron chi connectivity index (χ4n) is 4.10. The number of carbonyl (C=O) groups excluding carboxylic acids is 1. The second-order valence-electron chi connectivity index (χ2n) is 8.39. The van der Waals surface area contributed by atoms with Crippen LogP contribution in [0.25, 0.3) is 0 Å². The Kier molecular flexibility index (Phi) is 7.01. The smallest absolute Gasteiger partial charge is 0.419 e. The summed E-state index contributed by atoms with van der Waals surface area (Å²) in [4.78, 5) is 16.4. The van der Waals surface area contributed by atoms with E-state index in [1.54, 1.807) is 12.4 Å². The van der Waals surface area contributed by atoms with Gasteiger partial charge in [0.1, 0.15) is 12.9 Å². The highest BCUT2D eigenvalue weighted by Crippen LogP contribution is 2.37. The summed E-state index contributed by atoms with van der Waals surface area (Å²) < 4.78 is 7.03. The van der Waals surface area contributed by atoms with Crippen molar-refractivity contribution >= 4 is 6.09 Å². The van der Waals surface area contributed by atoms with Crippen molar-refractivity contribution in [1.82, 2.24) is 14.9 Å². The molecule has 1 atom stereocenters. The molecule has 0 unspecified atom stereocenters. The zero-order chi connectivity index (χ0) is 23.1. The van der Waals surface area contributed by atoms with Crippen LogP contribution in [0, 0.1) is 5.92 Å². The topological polar surface area (TPSA) is 56.2 Å². The molecule has 1 aromatic heterocycles. The zero-order valence-corrected chi connectivity index (χ0v) is 19.0. The van der Waals surface area contributed by atoms with E-state index < -0.39 is 11.6 Å². The van der Waals surface area contributed by atoms with Gasteiger partial charge in [-0.1, -0.05) is 105 Å². The van der Waals surface area contributed by atoms with E-state index in [0.29, 0.717) is 0 Å². The van der Waals surface area contributed by atoms with Gasteiger partial charge in [-0.05, 0) is 22.6 Å². The van der Waals surface area contributed by atoms with Crippen molar-refractivity contribution < 1.29 is 9.53 Å². The summed E-state index contributed by atoms with van der Waals surface area (Å²) >= 11 is 0. The summed E-state index contributed by atoms with van der Waals surface area (Å²) in [5, 5.41) is 3.91. The van der Waals surface area contributed by atoms with Crippen molar-refractivity contribution in [1.29, 1.82) is 0 Å². The van der Waals surface area contributed by atoms with Crippen LogP contribution in [0.15, 0.2) is 110 Å². The minimum atomic E-state index is -0.625. The molecule has 0 spiro atoms. The summed E-state index contributed by atoms with van der Waals surface area (Å²) in [5.41, 5.74) is 2.73. The molecule has 33 heavy (non-hydrogen) atoms. The number of nitrogens with zero attached hydrogens (tertiary/aromatic N) is 2. The van der Waals surface area contributed by atoms with E-state index in [2.05, 4.69) is 96.9 Å². The van der Waals surface area contributed by atoms with Crippen molar-refractivity contribution in [3.05, 3.63) is 126 Å². The number of aromatic nitrogens is 2. The second kappa shape index (κ2) is 10.3. The molecule has 168 valence electrons. The summed E-state index contributed by atoms with van der Waals surface area (Å²) in [7, 11) is 0. The molecule has 3 aromatic carbocycles. The first-order valence-corrected chi connectivity index (χ1v) is 11.2. The van der Waals surface area contributed by atoms with Gasteiger partial charge in [-0.25, -0.2) is 14.3 Å². The molecular weight excluding hydrogens is 410 g/mol. The number of rotatable bonds is 8. The van der Waals surface area contributed by atoms with Crippen LogP contribution in [0.1, 0.15) is 30.5 Å². The van der Waals surface area contributed by atoms with Crippen molar-refractivity contribution in [2.45, 2.75) is 25.4 Å². The van der Waals surface area contributed by atoms with E-state index in [0.717, 1.165) is 16.7 Å². The normalized spacial score (nSPS) is 12.5. The highest BCUT2D eigenvalue weighted by molar-refractivity contribution is 5.70. The van der Waals surface area contributed by atoms with Gasteiger partial charge in [0.25, 0.3) is 0 Å². The molecule has 0 radical (unpaired) electrons. The molecule has 0 aliphatic carbocycles. The zero-order valence-electron chi connectivity index (χ0n) is 19.0. The molecule has 0 aliphatic heterocycles. The molecule has 4 aromatic rings. The minimum Gasteiger partial charge on any atom is -0.447 e. The van der Waals surface area contributed by atoms with Crippen LogP contribution in [0.4, 0.5) is 4.79 Å². The highest BCUT2D eigenvalue weighted by atomic mass is 16.5. The van der Waals surface area contributed by atoms with Crippen LogP contribution in [-0.4, -0.2) is 28.3 Å². The third kappa shape index (κ3) is 4.89. The Bertz CT molecular complexity index is 1030. The number of hydrogen-bond donors (Lipinski definition) is 1. The van der Waals surface area contributed by atoms with Crippen LogP contribution in [-0.2, 0) is 10.3 Å². The first-order chi connectivity index (χ1) is 16.1. The number of nitrogens with one attached hydrogen (secondary N) is 1. The number of benzene rings is 3. The molecule has 1 N–H and O–H groups in total. The lowest BCUT2D eigenvalue weighted by molar-refractivity contribution is 0.120. The van der Waals surface area contributed by atoms with Crippen LogP contribution in [0.3, 0.4) is 0 Å². The molecule has 5 nitrogen and oxygen atoms in total. The largest absolute Gasteiger partial charge is 0.447 e. The lowest BCUT2D eigenvalue weighted by Gasteiger charge is -2.41. The fraction of sp³-hybridized carbons (Fsp3) is 0.214. The average molecular weight is 440 g/mol. The Hall–Kier alpha value is -3.70. The fourth-order valence-corrected chi connectivity index (χ4v) is 4.10. The van der Waals surface area contributed by atoms with Gasteiger partial charge in [-0.3, -0.25) is 5.32 Å².